The van der Waals surface area contributed by atoms with Gasteiger partial charge >= 0.3 is 0 Å². The molecule has 0 radical (unpaired) electrons. The zero-order chi connectivity index (χ0) is 10.0. The quantitative estimate of drug-likeness (QED) is 0.874. The second-order valence-corrected chi connectivity index (χ2v) is 3.83. The van der Waals surface area contributed by atoms with Crippen LogP contribution in [0.4, 0.5) is 8.78 Å². The molecule has 1 nitrogen and oxygen atoms in total. The molecule has 0 spiro atoms. The molecule has 0 aliphatic carbocycles. The second-order valence-electron chi connectivity index (χ2n) is 2.48. The van der Waals surface area contributed by atoms with Gasteiger partial charge in [0.15, 0.2) is 0 Å². The first kappa shape index (κ1) is 10.9. The third-order valence-corrected chi connectivity index (χ3v) is 2.14. The Morgan fingerprint density at radius 3 is 2.38 bits per heavy atom. The Kier molecular flexibility index (Phi) is 3.64. The van der Waals surface area contributed by atoms with Gasteiger partial charge in [-0.15, -0.1) is 0 Å². The molecule has 13 heavy (non-hydrogen) atoms. The van der Waals surface area contributed by atoms with Gasteiger partial charge in [0.05, 0.1) is 0 Å². The first-order chi connectivity index (χ1) is 6.00. The van der Waals surface area contributed by atoms with Crippen molar-refractivity contribution in [1.29, 1.82) is 0 Å². The summed E-state index contributed by atoms with van der Waals surface area (Å²) in [6.45, 7) is 0. The van der Waals surface area contributed by atoms with Gasteiger partial charge in [-0.2, -0.15) is 0 Å². The smallest absolute Gasteiger partial charge is 0.268 e. The number of aliphatic hydroxyl groups excluding tert-OH is 1. The van der Waals surface area contributed by atoms with E-state index in [0.29, 0.717) is 9.50 Å². The maximum Gasteiger partial charge on any atom is 0.268 e. The van der Waals surface area contributed by atoms with Crippen LogP contribution in [0.1, 0.15) is 11.7 Å². The van der Waals surface area contributed by atoms with E-state index in [-0.39, 0.29) is 5.56 Å². The zero-order valence-corrected chi connectivity index (χ0v) is 8.69. The Labute approximate surface area is 87.5 Å². The van der Waals surface area contributed by atoms with Gasteiger partial charge in [0, 0.05) is 9.50 Å². The monoisotopic (exact) mass is 270 g/mol. The summed E-state index contributed by atoms with van der Waals surface area (Å²) in [5.74, 6) is 0. The summed E-state index contributed by atoms with van der Waals surface area (Å²) in [4.78, 5) is 0. The van der Waals surface area contributed by atoms with Crippen LogP contribution in [0.3, 0.4) is 0 Å². The molecule has 0 aromatic heterocycles. The van der Waals surface area contributed by atoms with E-state index in [9.17, 15) is 8.78 Å². The van der Waals surface area contributed by atoms with Crippen LogP contribution >= 0.6 is 27.5 Å². The molecule has 72 valence electrons. The summed E-state index contributed by atoms with van der Waals surface area (Å²) in [7, 11) is 0. The van der Waals surface area contributed by atoms with Crippen LogP contribution in [0, 0.1) is 0 Å². The lowest BCUT2D eigenvalue weighted by molar-refractivity contribution is -0.00580. The number of hydrogen-bond donors (Lipinski definition) is 1. The Balaban J connectivity index is 3.01. The van der Waals surface area contributed by atoms with Crippen molar-refractivity contribution < 1.29 is 13.9 Å². The van der Waals surface area contributed by atoms with Crippen LogP contribution in [0.2, 0.25) is 5.02 Å². The standard InChI is InChI=1S/C8H6BrClF2O/c9-5-1-4(2-6(10)3-5)7(13)8(11)12/h1-3,7-8,13H. The third kappa shape index (κ3) is 2.90. The molecular weight excluding hydrogens is 265 g/mol. The van der Waals surface area contributed by atoms with Crippen LogP contribution in [0.15, 0.2) is 22.7 Å². The van der Waals surface area contributed by atoms with E-state index in [1.807, 2.05) is 0 Å². The van der Waals surface area contributed by atoms with Crippen LogP contribution in [0.25, 0.3) is 0 Å². The number of aliphatic hydroxyl groups is 1. The first-order valence-electron chi connectivity index (χ1n) is 3.43. The van der Waals surface area contributed by atoms with E-state index in [2.05, 4.69) is 15.9 Å². The Hall–Kier alpha value is -0.190. The maximum absolute atomic E-state index is 12.1. The van der Waals surface area contributed by atoms with E-state index >= 15 is 0 Å². The number of rotatable bonds is 2. The van der Waals surface area contributed by atoms with Crippen molar-refractivity contribution in [3.05, 3.63) is 33.3 Å². The summed E-state index contributed by atoms with van der Waals surface area (Å²) in [6, 6.07) is 4.27. The maximum atomic E-state index is 12.1. The fourth-order valence-corrected chi connectivity index (χ4v) is 1.78. The van der Waals surface area contributed by atoms with Crippen molar-refractivity contribution >= 4 is 27.5 Å². The molecule has 0 heterocycles. The highest BCUT2D eigenvalue weighted by Gasteiger charge is 2.19. The van der Waals surface area contributed by atoms with Crippen LogP contribution in [0.5, 0.6) is 0 Å². The average Bonchev–Trinajstić information content (AvgIpc) is 2.01. The highest BCUT2D eigenvalue weighted by atomic mass is 79.9. The predicted octanol–water partition coefficient (Wildman–Crippen LogP) is 3.40. The van der Waals surface area contributed by atoms with Crippen molar-refractivity contribution in [2.24, 2.45) is 0 Å². The largest absolute Gasteiger partial charge is 0.382 e. The fraction of sp³-hybridized carbons (Fsp3) is 0.250. The van der Waals surface area contributed by atoms with E-state index in [0.717, 1.165) is 0 Å². The van der Waals surface area contributed by atoms with E-state index in [4.69, 9.17) is 16.7 Å². The molecule has 1 rings (SSSR count). The van der Waals surface area contributed by atoms with Gasteiger partial charge in [0.2, 0.25) is 0 Å². The number of hydrogen-bond acceptors (Lipinski definition) is 1. The van der Waals surface area contributed by atoms with Crippen molar-refractivity contribution in [1.82, 2.24) is 0 Å². The third-order valence-electron chi connectivity index (χ3n) is 1.47. The van der Waals surface area contributed by atoms with Crippen molar-refractivity contribution in [2.75, 3.05) is 0 Å². The van der Waals surface area contributed by atoms with E-state index < -0.39 is 12.5 Å². The highest BCUT2D eigenvalue weighted by Crippen LogP contribution is 2.26. The number of alkyl halides is 2. The Bertz CT molecular complexity index is 286. The molecule has 1 unspecified atom stereocenters. The Morgan fingerprint density at radius 2 is 1.92 bits per heavy atom. The lowest BCUT2D eigenvalue weighted by Crippen LogP contribution is -2.07. The minimum absolute atomic E-state index is 0.106. The average molecular weight is 271 g/mol. The van der Waals surface area contributed by atoms with E-state index in [1.165, 1.54) is 12.1 Å². The molecule has 0 saturated heterocycles. The summed E-state index contributed by atoms with van der Waals surface area (Å²) in [5, 5.41) is 9.33. The van der Waals surface area contributed by atoms with Gasteiger partial charge in [-0.3, -0.25) is 0 Å². The van der Waals surface area contributed by atoms with Gasteiger partial charge in [-0.25, -0.2) is 8.78 Å². The highest BCUT2D eigenvalue weighted by molar-refractivity contribution is 9.10. The predicted molar refractivity (Wildman–Crippen MR) is 50.1 cm³/mol. The molecule has 1 aromatic carbocycles. The molecule has 5 heteroatoms. The molecule has 0 amide bonds. The van der Waals surface area contributed by atoms with Crippen LogP contribution < -0.4 is 0 Å². The molecule has 0 bridgehead atoms. The molecule has 1 N–H and O–H groups in total. The molecule has 0 aliphatic heterocycles. The lowest BCUT2D eigenvalue weighted by Gasteiger charge is -2.10. The lowest BCUT2D eigenvalue weighted by atomic mass is 10.1. The minimum atomic E-state index is -2.80. The van der Waals surface area contributed by atoms with Crippen LogP contribution in [-0.4, -0.2) is 11.5 Å². The molecule has 1 atom stereocenters. The van der Waals surface area contributed by atoms with Gasteiger partial charge in [-0.05, 0) is 23.8 Å². The number of benzene rings is 1. The van der Waals surface area contributed by atoms with Crippen LogP contribution in [-0.2, 0) is 0 Å². The SMILES string of the molecule is OC(c1cc(Cl)cc(Br)c1)C(F)F. The normalized spacial score (nSPS) is 13.4. The first-order valence-corrected chi connectivity index (χ1v) is 4.60. The summed E-state index contributed by atoms with van der Waals surface area (Å²) < 4.78 is 24.7. The fourth-order valence-electron chi connectivity index (χ4n) is 0.891. The van der Waals surface area contributed by atoms with Crippen molar-refractivity contribution in [2.45, 2.75) is 12.5 Å². The topological polar surface area (TPSA) is 20.2 Å². The van der Waals surface area contributed by atoms with E-state index in [1.54, 1.807) is 6.07 Å². The second kappa shape index (κ2) is 4.35. The molecular formula is C8H6BrClF2O. The zero-order valence-electron chi connectivity index (χ0n) is 6.35. The van der Waals surface area contributed by atoms with Gasteiger partial charge in [-0.1, -0.05) is 27.5 Å². The van der Waals surface area contributed by atoms with Crippen molar-refractivity contribution in [3.8, 4) is 0 Å². The van der Waals surface area contributed by atoms with Gasteiger partial charge in [0.25, 0.3) is 6.43 Å². The summed E-state index contributed by atoms with van der Waals surface area (Å²) in [6.07, 6.45) is -4.58. The van der Waals surface area contributed by atoms with Gasteiger partial charge in [0.1, 0.15) is 6.10 Å². The van der Waals surface area contributed by atoms with Crippen molar-refractivity contribution in [3.63, 3.8) is 0 Å². The Morgan fingerprint density at radius 1 is 1.31 bits per heavy atom. The molecule has 0 saturated carbocycles. The van der Waals surface area contributed by atoms with Gasteiger partial charge < -0.3 is 5.11 Å². The minimum Gasteiger partial charge on any atom is -0.382 e. The molecule has 0 aliphatic rings. The number of halogens is 4. The summed E-state index contributed by atoms with van der Waals surface area (Å²) in [5.41, 5.74) is 0.106. The molecule has 0 fully saturated rings. The molecule has 1 aromatic rings. The summed E-state index contributed by atoms with van der Waals surface area (Å²) >= 11 is 8.70.